The molecule has 4 aromatic rings. The van der Waals surface area contributed by atoms with Crippen LogP contribution in [0.25, 0.3) is 11.3 Å². The minimum atomic E-state index is -3.75. The minimum Gasteiger partial charge on any atom is -0.497 e. The molecule has 2 aromatic carbocycles. The van der Waals surface area contributed by atoms with Gasteiger partial charge in [0.25, 0.3) is 15.9 Å². The fraction of sp³-hybridized carbons (Fsp3) is 0.0500. The van der Waals surface area contributed by atoms with E-state index in [0.717, 1.165) is 5.56 Å². The second-order valence-corrected chi connectivity index (χ2v) is 8.90. The first-order valence-corrected chi connectivity index (χ1v) is 11.3. The van der Waals surface area contributed by atoms with Crippen LogP contribution in [0.3, 0.4) is 0 Å². The molecular weight excluding hydrogens is 438 g/mol. The zero-order valence-corrected chi connectivity index (χ0v) is 17.8. The summed E-state index contributed by atoms with van der Waals surface area (Å²) in [6, 6.07) is 14.8. The van der Waals surface area contributed by atoms with Crippen LogP contribution in [0.4, 0.5) is 10.8 Å². The molecule has 0 spiro atoms. The maximum atomic E-state index is 12.5. The molecule has 0 unspecified atom stereocenters. The number of nitrogens with one attached hydrogen (secondary N) is 3. The fourth-order valence-corrected chi connectivity index (χ4v) is 4.52. The molecule has 0 bridgehead atoms. The molecular formula is C20H17N5O4S2. The van der Waals surface area contributed by atoms with Crippen LogP contribution < -0.4 is 14.8 Å². The SMILES string of the molecule is COc1cccc(-c2cc(C(=O)Nc3ccc(S(=O)(=O)Nc4nccs4)cc3)[nH]n2)c1. The molecule has 0 atom stereocenters. The van der Waals surface area contributed by atoms with Gasteiger partial charge in [0, 0.05) is 22.8 Å². The molecule has 9 nitrogen and oxygen atoms in total. The summed E-state index contributed by atoms with van der Waals surface area (Å²) >= 11 is 1.18. The molecule has 0 saturated heterocycles. The van der Waals surface area contributed by atoms with E-state index in [4.69, 9.17) is 4.74 Å². The number of ether oxygens (including phenoxy) is 1. The highest BCUT2D eigenvalue weighted by molar-refractivity contribution is 7.93. The Morgan fingerprint density at radius 1 is 1.13 bits per heavy atom. The number of thiazole rings is 1. The van der Waals surface area contributed by atoms with Crippen LogP contribution in [0.2, 0.25) is 0 Å². The number of amides is 1. The molecule has 0 aliphatic heterocycles. The summed E-state index contributed by atoms with van der Waals surface area (Å²) in [6.45, 7) is 0. The van der Waals surface area contributed by atoms with E-state index >= 15 is 0 Å². The lowest BCUT2D eigenvalue weighted by Crippen LogP contribution is -2.14. The number of aromatic amines is 1. The Balaban J connectivity index is 1.45. The summed E-state index contributed by atoms with van der Waals surface area (Å²) in [5.41, 5.74) is 2.10. The molecule has 11 heteroatoms. The van der Waals surface area contributed by atoms with Gasteiger partial charge in [-0.15, -0.1) is 11.3 Å². The summed E-state index contributed by atoms with van der Waals surface area (Å²) in [5, 5.41) is 11.5. The van der Waals surface area contributed by atoms with E-state index in [1.165, 1.54) is 41.8 Å². The van der Waals surface area contributed by atoms with Crippen molar-refractivity contribution in [1.82, 2.24) is 15.2 Å². The van der Waals surface area contributed by atoms with Gasteiger partial charge >= 0.3 is 0 Å². The molecule has 3 N–H and O–H groups in total. The molecule has 2 heterocycles. The molecule has 0 saturated carbocycles. The van der Waals surface area contributed by atoms with E-state index in [2.05, 4.69) is 25.2 Å². The van der Waals surface area contributed by atoms with Crippen LogP contribution in [-0.4, -0.2) is 36.6 Å². The molecule has 0 aliphatic carbocycles. The fourth-order valence-electron chi connectivity index (χ4n) is 2.73. The molecule has 1 amide bonds. The van der Waals surface area contributed by atoms with Crippen molar-refractivity contribution in [2.75, 3.05) is 17.1 Å². The number of aromatic nitrogens is 3. The Hall–Kier alpha value is -3.70. The normalized spacial score (nSPS) is 11.1. The van der Waals surface area contributed by atoms with Gasteiger partial charge in [0.1, 0.15) is 11.4 Å². The predicted octanol–water partition coefficient (Wildman–Crippen LogP) is 3.59. The van der Waals surface area contributed by atoms with Crippen molar-refractivity contribution < 1.29 is 17.9 Å². The quantitative estimate of drug-likeness (QED) is 0.391. The number of H-pyrrole nitrogens is 1. The number of rotatable bonds is 7. The van der Waals surface area contributed by atoms with E-state index in [-0.39, 0.29) is 15.7 Å². The summed E-state index contributed by atoms with van der Waals surface area (Å²) in [5.74, 6) is 0.282. The van der Waals surface area contributed by atoms with Crippen molar-refractivity contribution in [3.8, 4) is 17.0 Å². The first kappa shape index (κ1) is 20.6. The molecule has 2 aromatic heterocycles. The number of nitrogens with zero attached hydrogens (tertiary/aromatic N) is 2. The van der Waals surface area contributed by atoms with Gasteiger partial charge < -0.3 is 10.1 Å². The number of carbonyl (C=O) groups excluding carboxylic acids is 1. The largest absolute Gasteiger partial charge is 0.497 e. The predicted molar refractivity (Wildman–Crippen MR) is 118 cm³/mol. The Morgan fingerprint density at radius 2 is 1.94 bits per heavy atom. The van der Waals surface area contributed by atoms with Crippen LogP contribution in [0, 0.1) is 0 Å². The first-order chi connectivity index (χ1) is 14.9. The van der Waals surface area contributed by atoms with Crippen molar-refractivity contribution in [2.24, 2.45) is 0 Å². The third kappa shape index (κ3) is 4.73. The van der Waals surface area contributed by atoms with Crippen molar-refractivity contribution >= 4 is 38.1 Å². The van der Waals surface area contributed by atoms with Crippen LogP contribution in [0.5, 0.6) is 5.75 Å². The van der Waals surface area contributed by atoms with E-state index in [9.17, 15) is 13.2 Å². The highest BCUT2D eigenvalue weighted by atomic mass is 32.2. The van der Waals surface area contributed by atoms with Crippen LogP contribution in [0.15, 0.2) is 71.1 Å². The van der Waals surface area contributed by atoms with Gasteiger partial charge in [-0.1, -0.05) is 12.1 Å². The van der Waals surface area contributed by atoms with Gasteiger partial charge in [-0.25, -0.2) is 13.4 Å². The van der Waals surface area contributed by atoms with Gasteiger partial charge in [-0.3, -0.25) is 14.6 Å². The standard InChI is InChI=1S/C20H17N5O4S2/c1-29-15-4-2-3-13(11-15)17-12-18(24-23-17)19(26)22-14-5-7-16(8-6-14)31(27,28)25-20-21-9-10-30-20/h2-12H,1H3,(H,21,25)(H,22,26)(H,23,24). The second-order valence-electron chi connectivity index (χ2n) is 6.32. The lowest BCUT2D eigenvalue weighted by molar-refractivity contribution is 0.102. The van der Waals surface area contributed by atoms with E-state index in [0.29, 0.717) is 17.1 Å². The van der Waals surface area contributed by atoms with Crippen LogP contribution >= 0.6 is 11.3 Å². The highest BCUT2D eigenvalue weighted by Crippen LogP contribution is 2.23. The average Bonchev–Trinajstić information content (AvgIpc) is 3.46. The number of benzene rings is 2. The summed E-state index contributed by atoms with van der Waals surface area (Å²) in [6.07, 6.45) is 1.51. The zero-order valence-electron chi connectivity index (χ0n) is 16.2. The summed E-state index contributed by atoms with van der Waals surface area (Å²) in [7, 11) is -2.18. The first-order valence-electron chi connectivity index (χ1n) is 8.98. The number of sulfonamides is 1. The Labute approximate surface area is 182 Å². The minimum absolute atomic E-state index is 0.0579. The van der Waals surface area contributed by atoms with Gasteiger partial charge in [0.15, 0.2) is 5.13 Å². The maximum Gasteiger partial charge on any atom is 0.273 e. The molecule has 4 rings (SSSR count). The summed E-state index contributed by atoms with van der Waals surface area (Å²) < 4.78 is 32.4. The van der Waals surface area contributed by atoms with Gasteiger partial charge in [0.2, 0.25) is 0 Å². The number of hydrogen-bond acceptors (Lipinski definition) is 7. The van der Waals surface area contributed by atoms with Crippen molar-refractivity contribution in [3.63, 3.8) is 0 Å². The molecule has 158 valence electrons. The monoisotopic (exact) mass is 455 g/mol. The number of hydrogen-bond donors (Lipinski definition) is 3. The lowest BCUT2D eigenvalue weighted by atomic mass is 10.1. The zero-order chi connectivity index (χ0) is 21.8. The number of anilines is 2. The van der Waals surface area contributed by atoms with E-state index in [1.807, 2.05) is 24.3 Å². The highest BCUT2D eigenvalue weighted by Gasteiger charge is 2.16. The third-order valence-electron chi connectivity index (χ3n) is 4.26. The van der Waals surface area contributed by atoms with Gasteiger partial charge in [-0.2, -0.15) is 5.10 Å². The Morgan fingerprint density at radius 3 is 2.65 bits per heavy atom. The number of methoxy groups -OCH3 is 1. The van der Waals surface area contributed by atoms with Crippen LogP contribution in [-0.2, 0) is 10.0 Å². The molecule has 31 heavy (non-hydrogen) atoms. The molecule has 0 radical (unpaired) electrons. The van der Waals surface area contributed by atoms with E-state index < -0.39 is 15.9 Å². The van der Waals surface area contributed by atoms with Crippen molar-refractivity contribution in [3.05, 3.63) is 71.9 Å². The Bertz CT molecular complexity index is 1300. The topological polar surface area (TPSA) is 126 Å². The summed E-state index contributed by atoms with van der Waals surface area (Å²) in [4.78, 5) is 16.5. The number of carbonyl (C=O) groups is 1. The van der Waals surface area contributed by atoms with Gasteiger partial charge in [0.05, 0.1) is 17.7 Å². The maximum absolute atomic E-state index is 12.5. The second kappa shape index (κ2) is 8.58. The average molecular weight is 456 g/mol. The van der Waals surface area contributed by atoms with Crippen LogP contribution in [0.1, 0.15) is 10.5 Å². The molecule has 0 fully saturated rings. The van der Waals surface area contributed by atoms with E-state index in [1.54, 1.807) is 18.6 Å². The third-order valence-corrected chi connectivity index (χ3v) is 6.44. The van der Waals surface area contributed by atoms with Crippen molar-refractivity contribution in [1.29, 1.82) is 0 Å². The van der Waals surface area contributed by atoms with Crippen molar-refractivity contribution in [2.45, 2.75) is 4.90 Å². The van der Waals surface area contributed by atoms with Gasteiger partial charge in [-0.05, 0) is 42.5 Å². The lowest BCUT2D eigenvalue weighted by Gasteiger charge is -2.07. The molecule has 0 aliphatic rings. The Kier molecular flexibility index (Phi) is 5.69. The smallest absolute Gasteiger partial charge is 0.273 e.